The maximum absolute atomic E-state index is 12.0. The van der Waals surface area contributed by atoms with Crippen LogP contribution in [0.1, 0.15) is 27.8 Å². The van der Waals surface area contributed by atoms with Crippen LogP contribution in [0.4, 0.5) is 0 Å². The molecule has 1 fully saturated rings. The molecule has 6 nitrogen and oxygen atoms in total. The Hall–Kier alpha value is -2.24. The van der Waals surface area contributed by atoms with Gasteiger partial charge >= 0.3 is 0 Å². The molecule has 3 heterocycles. The van der Waals surface area contributed by atoms with Gasteiger partial charge in [-0.05, 0) is 19.1 Å². The number of carbonyl (C=O) groups excluding carboxylic acids is 1. The van der Waals surface area contributed by atoms with Gasteiger partial charge in [-0.2, -0.15) is 0 Å². The van der Waals surface area contributed by atoms with Gasteiger partial charge in [0.15, 0.2) is 0 Å². The lowest BCUT2D eigenvalue weighted by molar-refractivity contribution is 0.0593. The fourth-order valence-electron chi connectivity index (χ4n) is 2.21. The van der Waals surface area contributed by atoms with Crippen molar-refractivity contribution in [2.75, 3.05) is 13.1 Å². The minimum Gasteiger partial charge on any atom is -0.355 e. The number of H-pyrrole nitrogens is 3. The average Bonchev–Trinajstić information content (AvgIpc) is 2.85. The monoisotopic (exact) mass is 246 g/mol. The van der Waals surface area contributed by atoms with Crippen LogP contribution in [0, 0.1) is 6.92 Å². The molecule has 0 unspecified atom stereocenters. The number of nitrogens with zero attached hydrogens (tertiary/aromatic N) is 1. The zero-order valence-corrected chi connectivity index (χ0v) is 9.99. The van der Waals surface area contributed by atoms with Gasteiger partial charge in [-0.3, -0.25) is 14.7 Å². The number of hydrogen-bond acceptors (Lipinski definition) is 2. The zero-order chi connectivity index (χ0) is 12.7. The molecule has 0 spiro atoms. The van der Waals surface area contributed by atoms with E-state index < -0.39 is 0 Å². The highest BCUT2D eigenvalue weighted by Crippen LogP contribution is 2.25. The van der Waals surface area contributed by atoms with Gasteiger partial charge in [-0.25, -0.2) is 0 Å². The predicted octanol–water partition coefficient (Wildman–Crippen LogP) is 0.579. The normalized spacial score (nSPS) is 15.7. The molecule has 94 valence electrons. The summed E-state index contributed by atoms with van der Waals surface area (Å²) in [7, 11) is 0. The molecule has 6 heteroatoms. The SMILES string of the molecule is Cc1ccc(C(=O)N2CC(c3cc(=O)[nH][nH]3)C2)[nH]1. The van der Waals surface area contributed by atoms with Crippen molar-refractivity contribution in [2.45, 2.75) is 12.8 Å². The predicted molar refractivity (Wildman–Crippen MR) is 65.6 cm³/mol. The number of carbonyl (C=O) groups is 1. The second-order valence-corrected chi connectivity index (χ2v) is 4.68. The summed E-state index contributed by atoms with van der Waals surface area (Å²) in [5.74, 6) is 0.237. The number of aryl methyl sites for hydroxylation is 1. The maximum atomic E-state index is 12.0. The van der Waals surface area contributed by atoms with E-state index in [0.29, 0.717) is 18.8 Å². The van der Waals surface area contributed by atoms with Gasteiger partial charge in [-0.15, -0.1) is 0 Å². The smallest absolute Gasteiger partial charge is 0.270 e. The number of likely N-dealkylation sites (tertiary alicyclic amines) is 1. The van der Waals surface area contributed by atoms with E-state index in [2.05, 4.69) is 15.2 Å². The topological polar surface area (TPSA) is 84.8 Å². The largest absolute Gasteiger partial charge is 0.355 e. The highest BCUT2D eigenvalue weighted by Gasteiger charge is 2.33. The van der Waals surface area contributed by atoms with Gasteiger partial charge in [0.2, 0.25) is 0 Å². The Bertz CT molecular complexity index is 630. The molecule has 0 saturated carbocycles. The van der Waals surface area contributed by atoms with E-state index in [-0.39, 0.29) is 17.4 Å². The molecule has 0 aliphatic carbocycles. The van der Waals surface area contributed by atoms with Gasteiger partial charge in [0.05, 0.1) is 0 Å². The summed E-state index contributed by atoms with van der Waals surface area (Å²) in [6.45, 7) is 3.20. The zero-order valence-electron chi connectivity index (χ0n) is 9.99. The third kappa shape index (κ3) is 1.75. The number of aromatic amines is 3. The van der Waals surface area contributed by atoms with E-state index in [1.54, 1.807) is 17.0 Å². The van der Waals surface area contributed by atoms with Crippen LogP contribution in [-0.4, -0.2) is 39.1 Å². The standard InChI is InChI=1S/C12H14N4O2/c1-7-2-3-9(13-7)12(18)16-5-8(6-16)10-4-11(17)15-14-10/h2-4,8,13H,5-6H2,1H3,(H2,14,15,17). The summed E-state index contributed by atoms with van der Waals surface area (Å²) in [5, 5.41) is 5.33. The first-order chi connectivity index (χ1) is 8.63. The molecule has 0 aromatic carbocycles. The maximum Gasteiger partial charge on any atom is 0.270 e. The number of nitrogens with one attached hydrogen (secondary N) is 3. The van der Waals surface area contributed by atoms with E-state index in [0.717, 1.165) is 11.4 Å². The lowest BCUT2D eigenvalue weighted by Gasteiger charge is -2.38. The number of amides is 1. The molecule has 18 heavy (non-hydrogen) atoms. The summed E-state index contributed by atoms with van der Waals surface area (Å²) in [5.41, 5.74) is 2.33. The number of hydrogen-bond donors (Lipinski definition) is 3. The first kappa shape index (κ1) is 10.9. The van der Waals surface area contributed by atoms with Crippen LogP contribution in [0.15, 0.2) is 23.0 Å². The van der Waals surface area contributed by atoms with Gasteiger partial charge in [0, 0.05) is 36.5 Å². The Morgan fingerprint density at radius 1 is 1.33 bits per heavy atom. The third-order valence-corrected chi connectivity index (χ3v) is 3.29. The quantitative estimate of drug-likeness (QED) is 0.724. The van der Waals surface area contributed by atoms with E-state index in [4.69, 9.17) is 0 Å². The molecular formula is C12H14N4O2. The summed E-state index contributed by atoms with van der Waals surface area (Å²) in [4.78, 5) is 27.8. The molecule has 1 amide bonds. The average molecular weight is 246 g/mol. The molecule has 2 aromatic heterocycles. The molecule has 1 aliphatic heterocycles. The first-order valence-electron chi connectivity index (χ1n) is 5.86. The Balaban J connectivity index is 1.65. The molecule has 0 radical (unpaired) electrons. The lowest BCUT2D eigenvalue weighted by Crippen LogP contribution is -2.48. The molecule has 0 bridgehead atoms. The van der Waals surface area contributed by atoms with Crippen LogP contribution < -0.4 is 5.56 Å². The van der Waals surface area contributed by atoms with Crippen molar-refractivity contribution in [1.29, 1.82) is 0 Å². The van der Waals surface area contributed by atoms with Crippen molar-refractivity contribution in [3.05, 3.63) is 45.6 Å². The Morgan fingerprint density at radius 2 is 2.11 bits per heavy atom. The molecule has 0 atom stereocenters. The van der Waals surface area contributed by atoms with Gasteiger partial charge in [0.1, 0.15) is 5.69 Å². The van der Waals surface area contributed by atoms with Gasteiger partial charge in [-0.1, -0.05) is 0 Å². The Morgan fingerprint density at radius 3 is 2.67 bits per heavy atom. The fraction of sp³-hybridized carbons (Fsp3) is 0.333. The molecule has 1 saturated heterocycles. The summed E-state index contributed by atoms with van der Waals surface area (Å²) >= 11 is 0. The highest BCUT2D eigenvalue weighted by atomic mass is 16.2. The second-order valence-electron chi connectivity index (χ2n) is 4.68. The second kappa shape index (κ2) is 3.90. The number of rotatable bonds is 2. The molecule has 2 aromatic rings. The summed E-state index contributed by atoms with van der Waals surface area (Å²) in [6, 6.07) is 5.22. The van der Waals surface area contributed by atoms with Crippen molar-refractivity contribution < 1.29 is 4.79 Å². The minimum absolute atomic E-state index is 0.0113. The van der Waals surface area contributed by atoms with Crippen LogP contribution in [0.2, 0.25) is 0 Å². The van der Waals surface area contributed by atoms with Gasteiger partial charge < -0.3 is 15.0 Å². The molecular weight excluding hydrogens is 232 g/mol. The van der Waals surface area contributed by atoms with E-state index >= 15 is 0 Å². The molecule has 1 aliphatic rings. The van der Waals surface area contributed by atoms with E-state index in [9.17, 15) is 9.59 Å². The third-order valence-electron chi connectivity index (χ3n) is 3.29. The van der Waals surface area contributed by atoms with E-state index in [1.807, 2.05) is 13.0 Å². The minimum atomic E-state index is -0.130. The van der Waals surface area contributed by atoms with Crippen LogP contribution in [0.25, 0.3) is 0 Å². The summed E-state index contributed by atoms with van der Waals surface area (Å²) < 4.78 is 0. The van der Waals surface area contributed by atoms with Crippen molar-refractivity contribution in [3.63, 3.8) is 0 Å². The Kier molecular flexibility index (Phi) is 2.36. The van der Waals surface area contributed by atoms with E-state index in [1.165, 1.54) is 0 Å². The van der Waals surface area contributed by atoms with Crippen LogP contribution >= 0.6 is 0 Å². The van der Waals surface area contributed by atoms with Crippen molar-refractivity contribution in [1.82, 2.24) is 20.1 Å². The summed E-state index contributed by atoms with van der Waals surface area (Å²) in [6.07, 6.45) is 0. The highest BCUT2D eigenvalue weighted by molar-refractivity contribution is 5.93. The van der Waals surface area contributed by atoms with Crippen molar-refractivity contribution >= 4 is 5.91 Å². The first-order valence-corrected chi connectivity index (χ1v) is 5.86. The van der Waals surface area contributed by atoms with Crippen LogP contribution in [0.3, 0.4) is 0 Å². The van der Waals surface area contributed by atoms with Crippen LogP contribution in [-0.2, 0) is 0 Å². The van der Waals surface area contributed by atoms with Gasteiger partial charge in [0.25, 0.3) is 11.5 Å². The molecule has 3 N–H and O–H groups in total. The van der Waals surface area contributed by atoms with Crippen molar-refractivity contribution in [3.8, 4) is 0 Å². The lowest BCUT2D eigenvalue weighted by atomic mass is 9.96. The van der Waals surface area contributed by atoms with Crippen LogP contribution in [0.5, 0.6) is 0 Å². The molecule has 3 rings (SSSR count). The van der Waals surface area contributed by atoms with Crippen molar-refractivity contribution in [2.24, 2.45) is 0 Å². The fourth-order valence-corrected chi connectivity index (χ4v) is 2.21. The number of aromatic nitrogens is 3. The Labute approximate surface area is 103 Å².